The van der Waals surface area contributed by atoms with Gasteiger partial charge in [0, 0.05) is 19.1 Å². The van der Waals surface area contributed by atoms with Gasteiger partial charge in [0.25, 0.3) is 0 Å². The van der Waals surface area contributed by atoms with Gasteiger partial charge in [0.05, 0.1) is 21.5 Å². The third-order valence-electron chi connectivity index (χ3n) is 5.31. The zero-order chi connectivity index (χ0) is 26.6. The zero-order valence-electron chi connectivity index (χ0n) is 20.9. The monoisotopic (exact) mass is 541 g/mol. The van der Waals surface area contributed by atoms with Crippen LogP contribution < -0.4 is 5.32 Å². The van der Waals surface area contributed by atoms with E-state index in [0.717, 1.165) is 9.87 Å². The Kier molecular flexibility index (Phi) is 9.76. The Hall–Kier alpha value is -2.13. The topological polar surface area (TPSA) is 86.8 Å². The number of amides is 2. The zero-order valence-corrected chi connectivity index (χ0v) is 23.3. The fourth-order valence-electron chi connectivity index (χ4n) is 3.46. The number of halogens is 2. The Bertz CT molecular complexity index is 1160. The Labute approximate surface area is 218 Å². The van der Waals surface area contributed by atoms with Crippen molar-refractivity contribution in [2.24, 2.45) is 0 Å². The van der Waals surface area contributed by atoms with E-state index in [0.29, 0.717) is 22.0 Å². The molecule has 0 radical (unpaired) electrons. The molecule has 1 N–H and O–H groups in total. The summed E-state index contributed by atoms with van der Waals surface area (Å²) in [6, 6.07) is 10.6. The van der Waals surface area contributed by atoms with Gasteiger partial charge in [-0.3, -0.25) is 9.59 Å². The van der Waals surface area contributed by atoms with Gasteiger partial charge < -0.3 is 10.2 Å². The lowest BCUT2D eigenvalue weighted by molar-refractivity contribution is -0.142. The molecule has 0 heterocycles. The number of hydrogen-bond donors (Lipinski definition) is 1. The van der Waals surface area contributed by atoms with Gasteiger partial charge in [-0.2, -0.15) is 4.31 Å². The largest absolute Gasteiger partial charge is 0.350 e. The molecule has 0 aromatic heterocycles. The second-order valence-electron chi connectivity index (χ2n) is 9.51. The minimum absolute atomic E-state index is 0.0597. The molecule has 0 fully saturated rings. The van der Waals surface area contributed by atoms with E-state index in [9.17, 15) is 18.0 Å². The SMILES string of the molecule is CC[C@H](C(=O)NC(C)(C)C)N(Cc1ccc(Cl)c(Cl)c1)C(=O)CN(C)S(=O)(=O)c1ccc(C)cc1. The molecule has 0 aliphatic carbocycles. The number of aryl methyl sites for hydroxylation is 1. The summed E-state index contributed by atoms with van der Waals surface area (Å²) in [7, 11) is -2.56. The highest BCUT2D eigenvalue weighted by atomic mass is 35.5. The quantitative estimate of drug-likeness (QED) is 0.500. The van der Waals surface area contributed by atoms with E-state index in [2.05, 4.69) is 5.32 Å². The van der Waals surface area contributed by atoms with Crippen molar-refractivity contribution in [2.75, 3.05) is 13.6 Å². The number of carbonyl (C=O) groups is 2. The second-order valence-corrected chi connectivity index (χ2v) is 12.4. The fourth-order valence-corrected chi connectivity index (χ4v) is 4.90. The van der Waals surface area contributed by atoms with Crippen LogP contribution in [0.1, 0.15) is 45.2 Å². The smallest absolute Gasteiger partial charge is 0.243 e. The van der Waals surface area contributed by atoms with E-state index < -0.39 is 34.1 Å². The van der Waals surface area contributed by atoms with Crippen LogP contribution in [-0.4, -0.2) is 54.6 Å². The molecule has 2 aromatic carbocycles. The first kappa shape index (κ1) is 29.1. The van der Waals surface area contributed by atoms with Crippen molar-refractivity contribution in [3.8, 4) is 0 Å². The highest BCUT2D eigenvalue weighted by Gasteiger charge is 2.33. The summed E-state index contributed by atoms with van der Waals surface area (Å²) in [6.07, 6.45) is 0.337. The third-order valence-corrected chi connectivity index (χ3v) is 7.86. The Morgan fingerprint density at radius 3 is 2.14 bits per heavy atom. The third kappa shape index (κ3) is 7.93. The molecule has 0 unspecified atom stereocenters. The van der Waals surface area contributed by atoms with Crippen LogP contribution in [0.5, 0.6) is 0 Å². The minimum atomic E-state index is -3.90. The Balaban J connectivity index is 2.37. The summed E-state index contributed by atoms with van der Waals surface area (Å²) < 4.78 is 27.1. The molecule has 2 rings (SSSR count). The van der Waals surface area contributed by atoms with Crippen LogP contribution in [0.2, 0.25) is 10.0 Å². The van der Waals surface area contributed by atoms with E-state index in [1.54, 1.807) is 37.3 Å². The molecule has 35 heavy (non-hydrogen) atoms. The van der Waals surface area contributed by atoms with E-state index in [1.807, 2.05) is 27.7 Å². The van der Waals surface area contributed by atoms with Crippen molar-refractivity contribution in [3.63, 3.8) is 0 Å². The molecule has 7 nitrogen and oxygen atoms in total. The van der Waals surface area contributed by atoms with Crippen molar-refractivity contribution >= 4 is 45.0 Å². The van der Waals surface area contributed by atoms with Crippen molar-refractivity contribution in [3.05, 3.63) is 63.6 Å². The predicted molar refractivity (Wildman–Crippen MR) is 140 cm³/mol. The van der Waals surface area contributed by atoms with Gasteiger partial charge in [0.15, 0.2) is 0 Å². The molecular formula is C25H33Cl2N3O4S. The van der Waals surface area contributed by atoms with Gasteiger partial charge in [0.2, 0.25) is 21.8 Å². The van der Waals surface area contributed by atoms with Gasteiger partial charge in [-0.1, -0.05) is 53.9 Å². The van der Waals surface area contributed by atoms with Crippen LogP contribution in [-0.2, 0) is 26.2 Å². The normalized spacial score (nSPS) is 12.9. The molecule has 0 aliphatic rings. The summed E-state index contributed by atoms with van der Waals surface area (Å²) in [5, 5.41) is 3.61. The maximum Gasteiger partial charge on any atom is 0.243 e. The molecule has 2 amide bonds. The van der Waals surface area contributed by atoms with Crippen LogP contribution in [0.15, 0.2) is 47.4 Å². The molecule has 0 aliphatic heterocycles. The van der Waals surface area contributed by atoms with Gasteiger partial charge >= 0.3 is 0 Å². The number of benzene rings is 2. The van der Waals surface area contributed by atoms with E-state index in [-0.39, 0.29) is 17.3 Å². The number of carbonyl (C=O) groups excluding carboxylic acids is 2. The Morgan fingerprint density at radius 1 is 1.03 bits per heavy atom. The summed E-state index contributed by atoms with van der Waals surface area (Å²) in [5.41, 5.74) is 1.08. The fraction of sp³-hybridized carbons (Fsp3) is 0.440. The van der Waals surface area contributed by atoms with Crippen LogP contribution >= 0.6 is 23.2 Å². The van der Waals surface area contributed by atoms with Gasteiger partial charge in [-0.25, -0.2) is 8.42 Å². The maximum atomic E-state index is 13.5. The van der Waals surface area contributed by atoms with E-state index in [4.69, 9.17) is 23.2 Å². The van der Waals surface area contributed by atoms with E-state index >= 15 is 0 Å². The predicted octanol–water partition coefficient (Wildman–Crippen LogP) is 4.64. The van der Waals surface area contributed by atoms with Crippen LogP contribution in [0.4, 0.5) is 0 Å². The number of nitrogens with zero attached hydrogens (tertiary/aromatic N) is 2. The number of likely N-dealkylation sites (N-methyl/N-ethyl adjacent to an activating group) is 1. The van der Waals surface area contributed by atoms with Gasteiger partial charge in [-0.15, -0.1) is 0 Å². The maximum absolute atomic E-state index is 13.5. The average Bonchev–Trinajstić information content (AvgIpc) is 2.75. The molecule has 0 saturated heterocycles. The highest BCUT2D eigenvalue weighted by molar-refractivity contribution is 7.89. The summed E-state index contributed by atoms with van der Waals surface area (Å²) in [5.74, 6) is -0.831. The lowest BCUT2D eigenvalue weighted by Gasteiger charge is -2.34. The molecule has 192 valence electrons. The second kappa shape index (κ2) is 11.7. The highest BCUT2D eigenvalue weighted by Crippen LogP contribution is 2.24. The molecule has 0 bridgehead atoms. The van der Waals surface area contributed by atoms with Crippen molar-refractivity contribution < 1.29 is 18.0 Å². The summed E-state index contributed by atoms with van der Waals surface area (Å²) in [4.78, 5) is 28.1. The van der Waals surface area contributed by atoms with Crippen molar-refractivity contribution in [2.45, 2.75) is 64.1 Å². The molecule has 0 spiro atoms. The van der Waals surface area contributed by atoms with Crippen LogP contribution in [0, 0.1) is 6.92 Å². The standard InChI is InChI=1S/C25H33Cl2N3O4S/c1-7-22(24(32)28-25(3,4)5)30(15-18-10-13-20(26)21(27)14-18)23(31)16-29(6)35(33,34)19-11-8-17(2)9-12-19/h8-14,22H,7,15-16H2,1-6H3,(H,28,32)/t22-/m1/s1. The van der Waals surface area contributed by atoms with Crippen molar-refractivity contribution in [1.29, 1.82) is 0 Å². The number of sulfonamides is 1. The van der Waals surface area contributed by atoms with Crippen LogP contribution in [0.3, 0.4) is 0 Å². The molecule has 1 atom stereocenters. The average molecular weight is 543 g/mol. The first-order valence-electron chi connectivity index (χ1n) is 11.2. The summed E-state index contributed by atoms with van der Waals surface area (Å²) >= 11 is 12.2. The first-order valence-corrected chi connectivity index (χ1v) is 13.4. The number of nitrogens with one attached hydrogen (secondary N) is 1. The van der Waals surface area contributed by atoms with Gasteiger partial charge in [0.1, 0.15) is 6.04 Å². The lowest BCUT2D eigenvalue weighted by atomic mass is 10.1. The molecule has 2 aromatic rings. The van der Waals surface area contributed by atoms with E-state index in [1.165, 1.54) is 24.1 Å². The minimum Gasteiger partial charge on any atom is -0.350 e. The summed E-state index contributed by atoms with van der Waals surface area (Å²) in [6.45, 7) is 8.84. The lowest BCUT2D eigenvalue weighted by Crippen LogP contribution is -2.55. The first-order chi connectivity index (χ1) is 16.2. The number of hydrogen-bond acceptors (Lipinski definition) is 4. The Morgan fingerprint density at radius 2 is 1.63 bits per heavy atom. The number of rotatable bonds is 9. The molecule has 10 heteroatoms. The molecular weight excluding hydrogens is 509 g/mol. The van der Waals surface area contributed by atoms with Crippen LogP contribution in [0.25, 0.3) is 0 Å². The molecule has 0 saturated carbocycles. The van der Waals surface area contributed by atoms with Crippen molar-refractivity contribution in [1.82, 2.24) is 14.5 Å². The van der Waals surface area contributed by atoms with Gasteiger partial charge in [-0.05, 0) is 63.9 Å².